The number of aromatic nitrogens is 2. The summed E-state index contributed by atoms with van der Waals surface area (Å²) in [6, 6.07) is 15.4. The summed E-state index contributed by atoms with van der Waals surface area (Å²) in [5.41, 5.74) is 1.29. The third kappa shape index (κ3) is 4.07. The van der Waals surface area contributed by atoms with Crippen molar-refractivity contribution in [2.45, 2.75) is 19.0 Å². The fraction of sp³-hybridized carbons (Fsp3) is 0.208. The number of imidazole rings is 1. The Bertz CT molecular complexity index is 1110. The zero-order valence-corrected chi connectivity index (χ0v) is 17.1. The number of hydrogen-bond acceptors (Lipinski definition) is 5. The van der Waals surface area contributed by atoms with Crippen molar-refractivity contribution >= 4 is 17.4 Å². The van der Waals surface area contributed by atoms with Crippen molar-refractivity contribution in [3.63, 3.8) is 0 Å². The molecule has 1 aliphatic heterocycles. The van der Waals surface area contributed by atoms with Crippen LogP contribution < -0.4 is 4.74 Å². The number of ketones is 1. The van der Waals surface area contributed by atoms with E-state index in [-0.39, 0.29) is 11.3 Å². The summed E-state index contributed by atoms with van der Waals surface area (Å²) < 4.78 is 7.15. The van der Waals surface area contributed by atoms with Crippen LogP contribution in [-0.2, 0) is 16.1 Å². The Kier molecular flexibility index (Phi) is 5.84. The van der Waals surface area contributed by atoms with Gasteiger partial charge in [0.25, 0.3) is 11.7 Å². The minimum absolute atomic E-state index is 0.0899. The highest BCUT2D eigenvalue weighted by molar-refractivity contribution is 6.46. The van der Waals surface area contributed by atoms with Crippen molar-refractivity contribution in [2.24, 2.45) is 0 Å². The summed E-state index contributed by atoms with van der Waals surface area (Å²) in [7, 11) is 1.53. The van der Waals surface area contributed by atoms with Gasteiger partial charge in [0, 0.05) is 31.0 Å². The van der Waals surface area contributed by atoms with Crippen LogP contribution in [0.4, 0.5) is 0 Å². The van der Waals surface area contributed by atoms with Crippen LogP contribution in [0, 0.1) is 0 Å². The molecule has 1 fully saturated rings. The molecule has 1 aliphatic rings. The van der Waals surface area contributed by atoms with E-state index in [9.17, 15) is 14.7 Å². The predicted molar refractivity (Wildman–Crippen MR) is 115 cm³/mol. The zero-order valence-electron chi connectivity index (χ0n) is 17.1. The van der Waals surface area contributed by atoms with Crippen LogP contribution in [0.5, 0.6) is 5.75 Å². The number of rotatable bonds is 7. The van der Waals surface area contributed by atoms with Crippen LogP contribution in [0.2, 0.25) is 0 Å². The van der Waals surface area contributed by atoms with Crippen LogP contribution in [0.25, 0.3) is 5.76 Å². The lowest BCUT2D eigenvalue weighted by molar-refractivity contribution is -0.139. The van der Waals surface area contributed by atoms with Gasteiger partial charge in [0.05, 0.1) is 25.1 Å². The first-order valence-electron chi connectivity index (χ1n) is 10.0. The van der Waals surface area contributed by atoms with E-state index in [2.05, 4.69) is 4.98 Å². The van der Waals surface area contributed by atoms with Gasteiger partial charge < -0.3 is 19.3 Å². The number of hydrogen-bond donors (Lipinski definition) is 1. The molecule has 1 aromatic heterocycles. The standard InChI is InChI=1S/C24H23N3O4/c1-31-19-10-5-9-18(15-19)22(28)20-21(17-7-3-2-4-8-17)27(24(30)23(20)29)13-6-12-26-14-11-25-16-26/h2-5,7-11,14-16,21,28H,6,12-13H2,1H3/b22-20+/t21-/m1/s1. The fourth-order valence-corrected chi connectivity index (χ4v) is 3.86. The highest BCUT2D eigenvalue weighted by Crippen LogP contribution is 2.39. The van der Waals surface area contributed by atoms with Crippen LogP contribution in [-0.4, -0.2) is 44.9 Å². The summed E-state index contributed by atoms with van der Waals surface area (Å²) in [4.78, 5) is 31.5. The minimum Gasteiger partial charge on any atom is -0.507 e. The highest BCUT2D eigenvalue weighted by Gasteiger charge is 2.45. The van der Waals surface area contributed by atoms with Gasteiger partial charge in [-0.05, 0) is 24.1 Å². The SMILES string of the molecule is COc1cccc(/C(O)=C2\C(=O)C(=O)N(CCCn3ccnc3)[C@@H]2c2ccccc2)c1. The van der Waals surface area contributed by atoms with Crippen LogP contribution in [0.15, 0.2) is 78.9 Å². The van der Waals surface area contributed by atoms with E-state index in [1.54, 1.807) is 41.7 Å². The number of Topliss-reactive ketones (excluding diaryl/α,β-unsaturated/α-hetero) is 1. The second-order valence-electron chi connectivity index (χ2n) is 7.29. The maximum Gasteiger partial charge on any atom is 0.295 e. The summed E-state index contributed by atoms with van der Waals surface area (Å²) in [6.45, 7) is 1.04. The second-order valence-corrected chi connectivity index (χ2v) is 7.29. The Labute approximate surface area is 180 Å². The molecule has 1 amide bonds. The summed E-state index contributed by atoms with van der Waals surface area (Å²) in [5.74, 6) is -0.946. The minimum atomic E-state index is -0.684. The average Bonchev–Trinajstić information content (AvgIpc) is 3.41. The maximum absolute atomic E-state index is 13.0. The van der Waals surface area contributed by atoms with Gasteiger partial charge in [0.1, 0.15) is 11.5 Å². The van der Waals surface area contributed by atoms with Gasteiger partial charge in [-0.2, -0.15) is 0 Å². The number of carbonyl (C=O) groups is 2. The Hall–Kier alpha value is -3.87. The normalized spacial score (nSPS) is 17.8. The highest BCUT2D eigenvalue weighted by atomic mass is 16.5. The molecular formula is C24H23N3O4. The van der Waals surface area contributed by atoms with Gasteiger partial charge in [-0.3, -0.25) is 9.59 Å². The van der Waals surface area contributed by atoms with Gasteiger partial charge in [-0.25, -0.2) is 4.98 Å². The van der Waals surface area contributed by atoms with Crippen molar-refractivity contribution in [3.8, 4) is 5.75 Å². The van der Waals surface area contributed by atoms with Crippen LogP contribution in [0.3, 0.4) is 0 Å². The molecule has 7 nitrogen and oxygen atoms in total. The average molecular weight is 417 g/mol. The second kappa shape index (κ2) is 8.87. The number of methoxy groups -OCH3 is 1. The molecule has 1 N–H and O–H groups in total. The quantitative estimate of drug-likeness (QED) is 0.362. The van der Waals surface area contributed by atoms with Gasteiger partial charge in [-0.1, -0.05) is 42.5 Å². The molecule has 31 heavy (non-hydrogen) atoms. The number of aliphatic hydroxyl groups is 1. The van der Waals surface area contributed by atoms with Crippen molar-refractivity contribution in [1.29, 1.82) is 0 Å². The molecule has 0 saturated carbocycles. The molecule has 2 aromatic carbocycles. The summed E-state index contributed by atoms with van der Waals surface area (Å²) in [6.07, 6.45) is 5.91. The Morgan fingerprint density at radius 3 is 2.61 bits per heavy atom. The van der Waals surface area contributed by atoms with E-state index >= 15 is 0 Å². The molecule has 0 bridgehead atoms. The predicted octanol–water partition coefficient (Wildman–Crippen LogP) is 3.40. The van der Waals surface area contributed by atoms with E-state index in [0.29, 0.717) is 30.8 Å². The van der Waals surface area contributed by atoms with Gasteiger partial charge in [0.15, 0.2) is 0 Å². The van der Waals surface area contributed by atoms with E-state index in [4.69, 9.17) is 4.74 Å². The smallest absolute Gasteiger partial charge is 0.295 e. The topological polar surface area (TPSA) is 84.7 Å². The number of carbonyl (C=O) groups excluding carboxylic acids is 2. The first-order chi connectivity index (χ1) is 15.1. The molecule has 1 saturated heterocycles. The van der Waals surface area contributed by atoms with Crippen molar-refractivity contribution in [3.05, 3.63) is 90.0 Å². The van der Waals surface area contributed by atoms with Crippen LogP contribution in [0.1, 0.15) is 23.6 Å². The summed E-state index contributed by atoms with van der Waals surface area (Å²) >= 11 is 0. The number of aryl methyl sites for hydroxylation is 1. The lowest BCUT2D eigenvalue weighted by Crippen LogP contribution is -2.31. The lowest BCUT2D eigenvalue weighted by Gasteiger charge is -2.25. The molecule has 158 valence electrons. The zero-order chi connectivity index (χ0) is 21.8. The first-order valence-corrected chi connectivity index (χ1v) is 10.0. The largest absolute Gasteiger partial charge is 0.507 e. The van der Waals surface area contributed by atoms with E-state index in [1.807, 2.05) is 41.1 Å². The Balaban J connectivity index is 1.72. The molecule has 3 aromatic rings. The molecule has 0 radical (unpaired) electrons. The molecule has 0 spiro atoms. The number of amides is 1. The van der Waals surface area contributed by atoms with Crippen molar-refractivity contribution in [1.82, 2.24) is 14.5 Å². The monoisotopic (exact) mass is 417 g/mol. The van der Waals surface area contributed by atoms with Gasteiger partial charge in [-0.15, -0.1) is 0 Å². The molecule has 0 aliphatic carbocycles. The molecule has 7 heteroatoms. The lowest BCUT2D eigenvalue weighted by atomic mass is 9.95. The van der Waals surface area contributed by atoms with E-state index in [1.165, 1.54) is 7.11 Å². The molecule has 0 unspecified atom stereocenters. The van der Waals surface area contributed by atoms with Crippen molar-refractivity contribution < 1.29 is 19.4 Å². The number of aliphatic hydroxyl groups excluding tert-OH is 1. The summed E-state index contributed by atoms with van der Waals surface area (Å²) in [5, 5.41) is 11.1. The fourth-order valence-electron chi connectivity index (χ4n) is 3.86. The third-order valence-electron chi connectivity index (χ3n) is 5.37. The Morgan fingerprint density at radius 1 is 1.10 bits per heavy atom. The third-order valence-corrected chi connectivity index (χ3v) is 5.37. The van der Waals surface area contributed by atoms with Crippen molar-refractivity contribution in [2.75, 3.05) is 13.7 Å². The molecule has 2 heterocycles. The number of nitrogens with zero attached hydrogens (tertiary/aromatic N) is 3. The first kappa shape index (κ1) is 20.4. The number of likely N-dealkylation sites (tertiary alicyclic amines) is 1. The number of benzene rings is 2. The Morgan fingerprint density at radius 2 is 1.90 bits per heavy atom. The van der Waals surface area contributed by atoms with Gasteiger partial charge >= 0.3 is 0 Å². The number of ether oxygens (including phenoxy) is 1. The van der Waals surface area contributed by atoms with E-state index in [0.717, 1.165) is 5.56 Å². The van der Waals surface area contributed by atoms with Gasteiger partial charge in [0.2, 0.25) is 0 Å². The molecular weight excluding hydrogens is 394 g/mol. The van der Waals surface area contributed by atoms with E-state index < -0.39 is 17.7 Å². The molecule has 4 rings (SSSR count). The molecule has 1 atom stereocenters. The van der Waals surface area contributed by atoms with Crippen LogP contribution >= 0.6 is 0 Å². The maximum atomic E-state index is 13.0.